The first-order valence-corrected chi connectivity index (χ1v) is 11.2. The summed E-state index contributed by atoms with van der Waals surface area (Å²) in [5, 5.41) is 11.5. The minimum absolute atomic E-state index is 0.00113. The third-order valence-electron chi connectivity index (χ3n) is 6.56. The SMILES string of the molecule is CCn1nc(CC(C)C)cc1C(=O)N[C@H]1C[C@H]2CNC[C@H]2C[C@@H]1OCC1CC1. The molecule has 1 aromatic rings. The lowest BCUT2D eigenvalue weighted by Gasteiger charge is -2.38. The highest BCUT2D eigenvalue weighted by Crippen LogP contribution is 2.36. The third kappa shape index (κ3) is 4.60. The van der Waals surface area contributed by atoms with Gasteiger partial charge in [-0.2, -0.15) is 5.10 Å². The highest BCUT2D eigenvalue weighted by atomic mass is 16.5. The number of carbonyl (C=O) groups is 1. The number of amides is 1. The van der Waals surface area contributed by atoms with Gasteiger partial charge in [-0.3, -0.25) is 9.48 Å². The Balaban J connectivity index is 1.45. The zero-order chi connectivity index (χ0) is 19.7. The van der Waals surface area contributed by atoms with Crippen LogP contribution in [-0.4, -0.2) is 47.5 Å². The topological polar surface area (TPSA) is 68.2 Å². The molecular weight excluding hydrogens is 352 g/mol. The van der Waals surface area contributed by atoms with Crippen molar-refractivity contribution in [2.45, 2.75) is 71.6 Å². The number of ether oxygens (including phenoxy) is 1. The Labute approximate surface area is 168 Å². The predicted octanol–water partition coefficient (Wildman–Crippen LogP) is 2.62. The standard InChI is InChI=1S/C22H36N4O2/c1-4-26-20(10-18(25-26)7-14(2)3)22(27)24-19-8-16-11-23-12-17(16)9-21(19)28-13-15-5-6-15/h10,14-17,19,21,23H,4-9,11-13H2,1-3H3,(H,24,27)/t16-,17+,19-,21-/m0/s1. The summed E-state index contributed by atoms with van der Waals surface area (Å²) in [6.07, 6.45) is 5.70. The zero-order valence-electron chi connectivity index (χ0n) is 17.6. The van der Waals surface area contributed by atoms with Gasteiger partial charge in [-0.25, -0.2) is 0 Å². The maximum Gasteiger partial charge on any atom is 0.269 e. The van der Waals surface area contributed by atoms with Gasteiger partial charge in [-0.1, -0.05) is 13.8 Å². The van der Waals surface area contributed by atoms with Gasteiger partial charge in [0.1, 0.15) is 5.69 Å². The molecule has 0 radical (unpaired) electrons. The van der Waals surface area contributed by atoms with Crippen LogP contribution in [0.1, 0.15) is 62.6 Å². The molecule has 2 aliphatic carbocycles. The van der Waals surface area contributed by atoms with Crippen LogP contribution in [0, 0.1) is 23.7 Å². The summed E-state index contributed by atoms with van der Waals surface area (Å²) in [6, 6.07) is 2.07. The Morgan fingerprint density at radius 3 is 2.75 bits per heavy atom. The van der Waals surface area contributed by atoms with Gasteiger partial charge >= 0.3 is 0 Å². The van der Waals surface area contributed by atoms with E-state index >= 15 is 0 Å². The number of hydrogen-bond acceptors (Lipinski definition) is 4. The Bertz CT molecular complexity index is 682. The molecule has 2 saturated carbocycles. The molecule has 0 unspecified atom stereocenters. The van der Waals surface area contributed by atoms with Crippen molar-refractivity contribution in [3.63, 3.8) is 0 Å². The van der Waals surface area contributed by atoms with E-state index in [0.29, 0.717) is 30.0 Å². The molecule has 156 valence electrons. The van der Waals surface area contributed by atoms with Crippen LogP contribution in [0.2, 0.25) is 0 Å². The van der Waals surface area contributed by atoms with Gasteiger partial charge in [0, 0.05) is 13.2 Å². The summed E-state index contributed by atoms with van der Waals surface area (Å²) in [7, 11) is 0. The molecule has 28 heavy (non-hydrogen) atoms. The molecule has 4 rings (SSSR count). The summed E-state index contributed by atoms with van der Waals surface area (Å²) >= 11 is 0. The van der Waals surface area contributed by atoms with Gasteiger partial charge in [0.05, 0.1) is 17.8 Å². The van der Waals surface area contributed by atoms with Gasteiger partial charge in [0.25, 0.3) is 5.91 Å². The lowest BCUT2D eigenvalue weighted by atomic mass is 9.77. The Kier molecular flexibility index (Phi) is 6.07. The van der Waals surface area contributed by atoms with Crippen LogP contribution in [-0.2, 0) is 17.7 Å². The molecule has 0 bridgehead atoms. The monoisotopic (exact) mass is 388 g/mol. The highest BCUT2D eigenvalue weighted by molar-refractivity contribution is 5.93. The van der Waals surface area contributed by atoms with Gasteiger partial charge in [0.2, 0.25) is 0 Å². The smallest absolute Gasteiger partial charge is 0.269 e. The molecule has 1 aliphatic heterocycles. The number of nitrogens with one attached hydrogen (secondary N) is 2. The second-order valence-electron chi connectivity index (χ2n) is 9.48. The Morgan fingerprint density at radius 1 is 1.32 bits per heavy atom. The second-order valence-corrected chi connectivity index (χ2v) is 9.48. The van der Waals surface area contributed by atoms with Crippen molar-refractivity contribution >= 4 is 5.91 Å². The molecule has 1 amide bonds. The van der Waals surface area contributed by atoms with Gasteiger partial charge < -0.3 is 15.4 Å². The number of nitrogens with zero attached hydrogens (tertiary/aromatic N) is 2. The fourth-order valence-corrected chi connectivity index (χ4v) is 4.81. The number of aryl methyl sites for hydroxylation is 1. The molecule has 0 aromatic carbocycles. The van der Waals surface area contributed by atoms with Crippen molar-refractivity contribution in [3.8, 4) is 0 Å². The maximum absolute atomic E-state index is 13.1. The molecular formula is C22H36N4O2. The zero-order valence-corrected chi connectivity index (χ0v) is 17.6. The van der Waals surface area contributed by atoms with Crippen LogP contribution in [0.3, 0.4) is 0 Å². The van der Waals surface area contributed by atoms with Crippen molar-refractivity contribution in [3.05, 3.63) is 17.5 Å². The summed E-state index contributed by atoms with van der Waals surface area (Å²) < 4.78 is 8.16. The molecule has 4 atom stereocenters. The summed E-state index contributed by atoms with van der Waals surface area (Å²) in [4.78, 5) is 13.1. The quantitative estimate of drug-likeness (QED) is 0.718. The average Bonchev–Trinajstić information content (AvgIpc) is 3.22. The maximum atomic E-state index is 13.1. The van der Waals surface area contributed by atoms with Gasteiger partial charge in [-0.05, 0) is 81.9 Å². The first-order chi connectivity index (χ1) is 13.5. The van der Waals surface area contributed by atoms with Crippen molar-refractivity contribution in [2.75, 3.05) is 19.7 Å². The molecule has 2 N–H and O–H groups in total. The van der Waals surface area contributed by atoms with E-state index in [0.717, 1.165) is 50.6 Å². The largest absolute Gasteiger partial charge is 0.376 e. The van der Waals surface area contributed by atoms with Crippen LogP contribution in [0.5, 0.6) is 0 Å². The van der Waals surface area contributed by atoms with Crippen LogP contribution in [0.15, 0.2) is 6.07 Å². The van der Waals surface area contributed by atoms with E-state index < -0.39 is 0 Å². The van der Waals surface area contributed by atoms with Crippen molar-refractivity contribution in [1.82, 2.24) is 20.4 Å². The van der Waals surface area contributed by atoms with E-state index in [1.807, 2.05) is 17.7 Å². The highest BCUT2D eigenvalue weighted by Gasteiger charge is 2.41. The average molecular weight is 389 g/mol. The minimum atomic E-state index is -0.00113. The minimum Gasteiger partial charge on any atom is -0.376 e. The van der Waals surface area contributed by atoms with E-state index in [1.165, 1.54) is 12.8 Å². The van der Waals surface area contributed by atoms with Crippen LogP contribution in [0.4, 0.5) is 0 Å². The number of hydrogen-bond donors (Lipinski definition) is 2. The fraction of sp³-hybridized carbons (Fsp3) is 0.818. The normalized spacial score (nSPS) is 29.9. The summed E-state index contributed by atoms with van der Waals surface area (Å²) in [6.45, 7) is 10.1. The van der Waals surface area contributed by atoms with Crippen molar-refractivity contribution in [1.29, 1.82) is 0 Å². The molecule has 6 heteroatoms. The Morgan fingerprint density at radius 2 is 2.07 bits per heavy atom. The molecule has 0 spiro atoms. The van der Waals surface area contributed by atoms with Gasteiger partial charge in [0.15, 0.2) is 0 Å². The van der Waals surface area contributed by atoms with Gasteiger partial charge in [-0.15, -0.1) is 0 Å². The Hall–Kier alpha value is -1.40. The van der Waals surface area contributed by atoms with E-state index in [-0.39, 0.29) is 18.1 Å². The molecule has 6 nitrogen and oxygen atoms in total. The third-order valence-corrected chi connectivity index (χ3v) is 6.56. The molecule has 3 fully saturated rings. The predicted molar refractivity (Wildman–Crippen MR) is 109 cm³/mol. The fourth-order valence-electron chi connectivity index (χ4n) is 4.81. The molecule has 1 aromatic heterocycles. The number of aromatic nitrogens is 2. The van der Waals surface area contributed by atoms with Crippen LogP contribution in [0.25, 0.3) is 0 Å². The number of fused-ring (bicyclic) bond motifs is 1. The van der Waals surface area contributed by atoms with Crippen LogP contribution >= 0.6 is 0 Å². The molecule has 2 heterocycles. The van der Waals surface area contributed by atoms with E-state index in [1.54, 1.807) is 0 Å². The summed E-state index contributed by atoms with van der Waals surface area (Å²) in [5.74, 6) is 2.62. The lowest BCUT2D eigenvalue weighted by molar-refractivity contribution is -0.0212. The first kappa shape index (κ1) is 19.9. The first-order valence-electron chi connectivity index (χ1n) is 11.2. The molecule has 1 saturated heterocycles. The second kappa shape index (κ2) is 8.54. The number of carbonyl (C=O) groups excluding carboxylic acids is 1. The van der Waals surface area contributed by atoms with E-state index in [9.17, 15) is 4.79 Å². The lowest BCUT2D eigenvalue weighted by Crippen LogP contribution is -2.51. The van der Waals surface area contributed by atoms with E-state index in [2.05, 4.69) is 29.6 Å². The van der Waals surface area contributed by atoms with Crippen molar-refractivity contribution < 1.29 is 9.53 Å². The van der Waals surface area contributed by atoms with Crippen molar-refractivity contribution in [2.24, 2.45) is 23.7 Å². The van der Waals surface area contributed by atoms with E-state index in [4.69, 9.17) is 4.74 Å². The van der Waals surface area contributed by atoms with Crippen LogP contribution < -0.4 is 10.6 Å². The molecule has 3 aliphatic rings. The number of rotatable bonds is 8. The summed E-state index contributed by atoms with van der Waals surface area (Å²) in [5.41, 5.74) is 1.69.